The molecule has 0 bridgehead atoms. The summed E-state index contributed by atoms with van der Waals surface area (Å²) in [7, 11) is 0. The highest BCUT2D eigenvalue weighted by Crippen LogP contribution is 2.39. The van der Waals surface area contributed by atoms with E-state index in [0.29, 0.717) is 17.9 Å². The van der Waals surface area contributed by atoms with Gasteiger partial charge in [-0.05, 0) is 62.6 Å². The molecule has 3 amide bonds. The number of benzene rings is 2. The maximum absolute atomic E-state index is 13.9. The molecular formula is C26H23Cl3N2O4. The van der Waals surface area contributed by atoms with Gasteiger partial charge in [0.1, 0.15) is 6.04 Å². The van der Waals surface area contributed by atoms with Crippen LogP contribution in [-0.2, 0) is 9.59 Å². The van der Waals surface area contributed by atoms with Gasteiger partial charge in [-0.3, -0.25) is 19.2 Å². The maximum Gasteiger partial charge on any atom is 0.275 e. The van der Waals surface area contributed by atoms with Crippen LogP contribution in [0.25, 0.3) is 0 Å². The summed E-state index contributed by atoms with van der Waals surface area (Å²) >= 11 is 18.4. The van der Waals surface area contributed by atoms with Crippen LogP contribution in [0.2, 0.25) is 10.0 Å². The predicted molar refractivity (Wildman–Crippen MR) is 134 cm³/mol. The Labute approximate surface area is 218 Å². The normalized spacial score (nSPS) is 20.3. The summed E-state index contributed by atoms with van der Waals surface area (Å²) in [6.07, 6.45) is 2.77. The van der Waals surface area contributed by atoms with Gasteiger partial charge in [-0.1, -0.05) is 47.0 Å². The number of nitrogens with zero attached hydrogens (tertiary/aromatic N) is 2. The van der Waals surface area contributed by atoms with E-state index in [1.54, 1.807) is 24.3 Å². The first-order chi connectivity index (χ1) is 16.7. The molecule has 3 atom stereocenters. The molecule has 6 nitrogen and oxygen atoms in total. The molecule has 1 aliphatic heterocycles. The summed E-state index contributed by atoms with van der Waals surface area (Å²) in [5.41, 5.74) is 1.35. The van der Waals surface area contributed by atoms with Gasteiger partial charge in [0.2, 0.25) is 0 Å². The fraction of sp³-hybridized carbons (Fsp3) is 0.308. The largest absolute Gasteiger partial charge is 0.292 e. The Hall–Kier alpha value is -2.67. The molecule has 2 aromatic carbocycles. The van der Waals surface area contributed by atoms with Gasteiger partial charge in [-0.25, -0.2) is 5.01 Å². The smallest absolute Gasteiger partial charge is 0.275 e. The van der Waals surface area contributed by atoms with Crippen LogP contribution in [0.3, 0.4) is 0 Å². The first kappa shape index (κ1) is 25.4. The van der Waals surface area contributed by atoms with E-state index in [2.05, 4.69) is 0 Å². The molecule has 0 radical (unpaired) electrons. The Balaban J connectivity index is 1.82. The molecule has 0 unspecified atom stereocenters. The van der Waals surface area contributed by atoms with Gasteiger partial charge >= 0.3 is 0 Å². The van der Waals surface area contributed by atoms with Gasteiger partial charge in [0.15, 0.2) is 5.78 Å². The van der Waals surface area contributed by atoms with Gasteiger partial charge in [0.25, 0.3) is 17.7 Å². The number of Topliss-reactive ketones (excluding diaryl/α,β-unsaturated/α-hetero) is 1. The first-order valence-electron chi connectivity index (χ1n) is 11.2. The Morgan fingerprint density at radius 2 is 1.69 bits per heavy atom. The van der Waals surface area contributed by atoms with Crippen molar-refractivity contribution in [1.82, 2.24) is 10.0 Å². The SMILES string of the molecule is CC1=CC[C@@H]2C(=O)N(N(C(=O)c3ccccc3Cl)[C@H](CCCl)C(=O)c3ccc(Cl)cc3)C(=O)[C@H]2C1. The number of amides is 3. The average Bonchev–Trinajstić information content (AvgIpc) is 3.08. The molecule has 0 aromatic heterocycles. The number of hydrogen-bond donors (Lipinski definition) is 0. The number of carbonyl (C=O) groups excluding carboxylic acids is 4. The summed E-state index contributed by atoms with van der Waals surface area (Å²) in [6, 6.07) is 11.3. The van der Waals surface area contributed by atoms with Crippen LogP contribution in [0.4, 0.5) is 0 Å². The van der Waals surface area contributed by atoms with Gasteiger partial charge in [-0.2, -0.15) is 5.01 Å². The molecule has 9 heteroatoms. The second-order valence-corrected chi connectivity index (χ2v) is 9.91. The number of carbonyl (C=O) groups is 4. The van der Waals surface area contributed by atoms with Crippen molar-refractivity contribution in [2.75, 3.05) is 5.88 Å². The van der Waals surface area contributed by atoms with Crippen molar-refractivity contribution >= 4 is 58.3 Å². The van der Waals surface area contributed by atoms with Gasteiger partial charge < -0.3 is 0 Å². The number of fused-ring (bicyclic) bond motifs is 1. The zero-order chi connectivity index (χ0) is 25.3. The maximum atomic E-state index is 13.9. The van der Waals surface area contributed by atoms with E-state index in [1.807, 2.05) is 13.0 Å². The lowest BCUT2D eigenvalue weighted by atomic mass is 9.82. The molecule has 2 aromatic rings. The first-order valence-corrected chi connectivity index (χ1v) is 12.5. The average molecular weight is 534 g/mol. The number of alkyl halides is 1. The minimum absolute atomic E-state index is 0.0139. The third kappa shape index (κ3) is 4.88. The minimum atomic E-state index is -1.21. The highest BCUT2D eigenvalue weighted by Gasteiger charge is 2.53. The molecule has 1 fully saturated rings. The molecule has 2 aliphatic rings. The summed E-state index contributed by atoms with van der Waals surface area (Å²) in [6.45, 7) is 1.91. The second kappa shape index (κ2) is 10.5. The summed E-state index contributed by atoms with van der Waals surface area (Å²) in [5, 5.41) is 2.41. The molecule has 35 heavy (non-hydrogen) atoms. The van der Waals surface area contributed by atoms with Crippen LogP contribution in [0.15, 0.2) is 60.2 Å². The molecule has 1 saturated heterocycles. The summed E-state index contributed by atoms with van der Waals surface area (Å²) < 4.78 is 0. The Morgan fingerprint density at radius 3 is 2.34 bits per heavy atom. The molecule has 4 rings (SSSR count). The topological polar surface area (TPSA) is 74.8 Å². The highest BCUT2D eigenvalue weighted by molar-refractivity contribution is 6.34. The fourth-order valence-corrected chi connectivity index (χ4v) is 5.19. The lowest BCUT2D eigenvalue weighted by Gasteiger charge is -2.36. The van der Waals surface area contributed by atoms with Crippen molar-refractivity contribution in [2.24, 2.45) is 11.8 Å². The van der Waals surface area contributed by atoms with Crippen molar-refractivity contribution in [3.05, 3.63) is 81.4 Å². The minimum Gasteiger partial charge on any atom is -0.292 e. The third-order valence-corrected chi connectivity index (χ3v) is 7.24. The molecule has 0 N–H and O–H groups in total. The third-order valence-electron chi connectivity index (χ3n) is 6.44. The summed E-state index contributed by atoms with van der Waals surface area (Å²) in [4.78, 5) is 54.6. The van der Waals surface area contributed by atoms with Crippen LogP contribution in [0.5, 0.6) is 0 Å². The zero-order valence-electron chi connectivity index (χ0n) is 18.9. The van der Waals surface area contributed by atoms with Crippen molar-refractivity contribution in [1.29, 1.82) is 0 Å². The van der Waals surface area contributed by atoms with Gasteiger partial charge in [-0.15, -0.1) is 11.6 Å². The zero-order valence-corrected chi connectivity index (χ0v) is 21.2. The number of halogens is 3. The van der Waals surface area contributed by atoms with Crippen LogP contribution in [0.1, 0.15) is 46.9 Å². The van der Waals surface area contributed by atoms with E-state index in [9.17, 15) is 19.2 Å². The van der Waals surface area contributed by atoms with Crippen molar-refractivity contribution in [3.63, 3.8) is 0 Å². The number of allylic oxidation sites excluding steroid dienone is 2. The molecule has 0 saturated carbocycles. The number of hydrogen-bond acceptors (Lipinski definition) is 4. The van der Waals surface area contributed by atoms with E-state index in [1.165, 1.54) is 24.3 Å². The Kier molecular flexibility index (Phi) is 7.64. The van der Waals surface area contributed by atoms with Crippen LogP contribution >= 0.6 is 34.8 Å². The molecule has 0 spiro atoms. The highest BCUT2D eigenvalue weighted by atomic mass is 35.5. The quantitative estimate of drug-likeness (QED) is 0.202. The van der Waals surface area contributed by atoms with E-state index in [-0.39, 0.29) is 28.5 Å². The summed E-state index contributed by atoms with van der Waals surface area (Å²) in [5.74, 6) is -3.36. The number of hydrazine groups is 1. The van der Waals surface area contributed by atoms with Crippen molar-refractivity contribution in [2.45, 2.75) is 32.2 Å². The molecule has 1 heterocycles. The van der Waals surface area contributed by atoms with E-state index < -0.39 is 41.4 Å². The Morgan fingerprint density at radius 1 is 1.03 bits per heavy atom. The number of ketones is 1. The monoisotopic (exact) mass is 532 g/mol. The van der Waals surface area contributed by atoms with Crippen molar-refractivity contribution < 1.29 is 19.2 Å². The molecule has 1 aliphatic carbocycles. The van der Waals surface area contributed by atoms with E-state index in [0.717, 1.165) is 15.6 Å². The lowest BCUT2D eigenvalue weighted by molar-refractivity contribution is -0.156. The van der Waals surface area contributed by atoms with E-state index >= 15 is 0 Å². The van der Waals surface area contributed by atoms with Crippen LogP contribution in [-0.4, -0.2) is 45.4 Å². The van der Waals surface area contributed by atoms with Crippen LogP contribution in [0, 0.1) is 11.8 Å². The van der Waals surface area contributed by atoms with Gasteiger partial charge in [0, 0.05) is 16.5 Å². The number of rotatable bonds is 7. The van der Waals surface area contributed by atoms with Gasteiger partial charge in [0.05, 0.1) is 22.4 Å². The van der Waals surface area contributed by atoms with E-state index in [4.69, 9.17) is 34.8 Å². The lowest BCUT2D eigenvalue weighted by Crippen LogP contribution is -2.57. The van der Waals surface area contributed by atoms with Crippen molar-refractivity contribution in [3.8, 4) is 0 Å². The second-order valence-electron chi connectivity index (χ2n) is 8.69. The molecular weight excluding hydrogens is 511 g/mol. The predicted octanol–water partition coefficient (Wildman–Crippen LogP) is 5.57. The number of imide groups is 1. The molecule has 182 valence electrons. The Bertz CT molecular complexity index is 1210. The standard InChI is InChI=1S/C26H23Cl3N2O4/c1-15-6-11-18-20(14-15)26(35)31(24(18)33)30(25(34)19-4-2-3-5-21(19)29)22(12-13-27)23(32)16-7-9-17(28)10-8-16/h2-10,18,20,22H,11-14H2,1H3/t18-,20-,22+/m0/s1. The fourth-order valence-electron chi connectivity index (χ4n) is 4.64. The van der Waals surface area contributed by atoms with Crippen LogP contribution < -0.4 is 0 Å².